The average molecular weight is 268 g/mol. The summed E-state index contributed by atoms with van der Waals surface area (Å²) in [5, 5.41) is 0. The van der Waals surface area contributed by atoms with Crippen LogP contribution in [0.1, 0.15) is 26.7 Å². The highest BCUT2D eigenvalue weighted by molar-refractivity contribution is 14.1. The third-order valence-electron chi connectivity index (χ3n) is 1.13. The van der Waals surface area contributed by atoms with Gasteiger partial charge in [-0.3, -0.25) is 4.79 Å². The zero-order chi connectivity index (χ0) is 8.69. The molecule has 0 aliphatic heterocycles. The van der Waals surface area contributed by atoms with Crippen LogP contribution < -0.4 is 0 Å². The van der Waals surface area contributed by atoms with Crippen LogP contribution in [0.5, 0.6) is 0 Å². The second-order valence-corrected chi connectivity index (χ2v) is 3.52. The van der Waals surface area contributed by atoms with Gasteiger partial charge in [0.15, 0.2) is 0 Å². The maximum Gasteiger partial charge on any atom is 0.302 e. The third-order valence-corrected chi connectivity index (χ3v) is 2.33. The summed E-state index contributed by atoms with van der Waals surface area (Å²) in [6.07, 6.45) is 3.97. The molecule has 64 valence electrons. The molecule has 0 radical (unpaired) electrons. The van der Waals surface area contributed by atoms with E-state index in [2.05, 4.69) is 35.6 Å². The van der Waals surface area contributed by atoms with Crippen molar-refractivity contribution < 1.29 is 9.53 Å². The molecule has 0 heterocycles. The topological polar surface area (TPSA) is 26.3 Å². The molecule has 0 bridgehead atoms. The van der Waals surface area contributed by atoms with E-state index in [1.807, 2.05) is 0 Å². The Hall–Kier alpha value is -0.0600. The summed E-state index contributed by atoms with van der Waals surface area (Å²) >= 11 is 2.28. The molecule has 0 aromatic heterocycles. The summed E-state index contributed by atoms with van der Waals surface area (Å²) < 4.78 is 6.06. The highest BCUT2D eigenvalue weighted by Crippen LogP contribution is 2.10. The van der Waals surface area contributed by atoms with Gasteiger partial charge in [-0.05, 0) is 32.6 Å². The lowest BCUT2D eigenvalue weighted by Crippen LogP contribution is -1.98. The van der Waals surface area contributed by atoms with Crippen molar-refractivity contribution >= 4 is 28.6 Å². The number of carbonyl (C=O) groups excluding carboxylic acids is 1. The first-order valence-corrected chi connectivity index (χ1v) is 4.72. The van der Waals surface area contributed by atoms with Crippen LogP contribution in [0.2, 0.25) is 0 Å². The number of esters is 1. The molecule has 11 heavy (non-hydrogen) atoms. The van der Waals surface area contributed by atoms with E-state index in [9.17, 15) is 4.79 Å². The predicted molar refractivity (Wildman–Crippen MR) is 53.6 cm³/mol. The molecule has 0 unspecified atom stereocenters. The summed E-state index contributed by atoms with van der Waals surface area (Å²) in [7, 11) is 0. The smallest absolute Gasteiger partial charge is 0.302 e. The summed E-state index contributed by atoms with van der Waals surface area (Å²) in [6, 6.07) is 0. The molecule has 0 aromatic carbocycles. The Kier molecular flexibility index (Phi) is 6.60. The third kappa shape index (κ3) is 7.84. The van der Waals surface area contributed by atoms with Gasteiger partial charge in [0.1, 0.15) is 0 Å². The van der Waals surface area contributed by atoms with E-state index in [0.717, 1.165) is 12.8 Å². The molecule has 0 aliphatic carbocycles. The molecule has 3 heteroatoms. The van der Waals surface area contributed by atoms with E-state index in [1.54, 1.807) is 0 Å². The Labute approximate surface area is 81.1 Å². The maximum atomic E-state index is 10.3. The quantitative estimate of drug-likeness (QED) is 0.445. The second kappa shape index (κ2) is 6.64. The van der Waals surface area contributed by atoms with Gasteiger partial charge in [-0.25, -0.2) is 0 Å². The fourth-order valence-corrected chi connectivity index (χ4v) is 0.874. The summed E-state index contributed by atoms with van der Waals surface area (Å²) in [6.45, 7) is 4.03. The molecule has 0 amide bonds. The van der Waals surface area contributed by atoms with Crippen molar-refractivity contribution in [1.29, 1.82) is 0 Å². The molecule has 0 aliphatic rings. The predicted octanol–water partition coefficient (Wildman–Crippen LogP) is 2.67. The Morgan fingerprint density at radius 2 is 2.27 bits per heavy atom. The van der Waals surface area contributed by atoms with E-state index < -0.39 is 0 Å². The Balaban J connectivity index is 3.33. The molecule has 0 rings (SSSR count). The van der Waals surface area contributed by atoms with Gasteiger partial charge in [0.25, 0.3) is 0 Å². The number of allylic oxidation sites excluding steroid dienone is 1. The molecule has 0 atom stereocenters. The minimum atomic E-state index is -0.204. The Morgan fingerprint density at radius 1 is 1.64 bits per heavy atom. The molecular formula is C8H13IO2. The highest BCUT2D eigenvalue weighted by Gasteiger charge is 1.90. The van der Waals surface area contributed by atoms with Gasteiger partial charge < -0.3 is 4.74 Å². The molecule has 0 saturated carbocycles. The van der Waals surface area contributed by atoms with Crippen LogP contribution in [0.4, 0.5) is 0 Å². The van der Waals surface area contributed by atoms with Crippen molar-refractivity contribution in [2.24, 2.45) is 0 Å². The van der Waals surface area contributed by atoms with Crippen molar-refractivity contribution in [3.8, 4) is 0 Å². The van der Waals surface area contributed by atoms with Crippen LogP contribution in [0, 0.1) is 0 Å². The van der Waals surface area contributed by atoms with Crippen molar-refractivity contribution in [2.45, 2.75) is 26.7 Å². The molecule has 0 spiro atoms. The van der Waals surface area contributed by atoms with Gasteiger partial charge in [-0.1, -0.05) is 13.0 Å². The minimum Gasteiger partial charge on any atom is -0.466 e. The highest BCUT2D eigenvalue weighted by atomic mass is 127. The van der Waals surface area contributed by atoms with Gasteiger partial charge >= 0.3 is 5.97 Å². The maximum absolute atomic E-state index is 10.3. The fraction of sp³-hybridized carbons (Fsp3) is 0.625. The average Bonchev–Trinajstić information content (AvgIpc) is 1.97. The molecule has 2 nitrogen and oxygen atoms in total. The largest absolute Gasteiger partial charge is 0.466 e. The Bertz CT molecular complexity index is 152. The van der Waals surface area contributed by atoms with Crippen LogP contribution in [0.3, 0.4) is 0 Å². The number of rotatable bonds is 4. The molecular weight excluding hydrogens is 255 g/mol. The molecule has 0 fully saturated rings. The zero-order valence-electron chi connectivity index (χ0n) is 6.89. The Morgan fingerprint density at radius 3 is 2.73 bits per heavy atom. The van der Waals surface area contributed by atoms with E-state index in [-0.39, 0.29) is 5.97 Å². The van der Waals surface area contributed by atoms with Crippen LogP contribution in [0.25, 0.3) is 0 Å². The van der Waals surface area contributed by atoms with E-state index in [0.29, 0.717) is 6.61 Å². The molecule has 0 aromatic rings. The molecule has 0 N–H and O–H groups in total. The summed E-state index contributed by atoms with van der Waals surface area (Å²) in [5.74, 6) is -0.204. The lowest BCUT2D eigenvalue weighted by Gasteiger charge is -1.97. The van der Waals surface area contributed by atoms with Gasteiger partial charge in [0, 0.05) is 13.3 Å². The van der Waals surface area contributed by atoms with Gasteiger partial charge in [0.05, 0.1) is 6.61 Å². The van der Waals surface area contributed by atoms with Crippen LogP contribution in [0.15, 0.2) is 9.66 Å². The second-order valence-electron chi connectivity index (χ2n) is 2.13. The normalized spacial score (nSPS) is 11.4. The first kappa shape index (κ1) is 10.9. The number of hydrogen-bond donors (Lipinski definition) is 0. The van der Waals surface area contributed by atoms with Crippen LogP contribution >= 0.6 is 22.6 Å². The van der Waals surface area contributed by atoms with Crippen molar-refractivity contribution in [2.75, 3.05) is 6.61 Å². The van der Waals surface area contributed by atoms with E-state index >= 15 is 0 Å². The first-order valence-electron chi connectivity index (χ1n) is 3.64. The standard InChI is InChI=1S/C8H13IO2/c1-3-8(9)5-4-6-11-7(2)10/h5H,3-4,6H2,1-2H3/b8-5+. The van der Waals surface area contributed by atoms with Crippen molar-refractivity contribution in [3.63, 3.8) is 0 Å². The van der Waals surface area contributed by atoms with Gasteiger partial charge in [-0.15, -0.1) is 0 Å². The number of halogens is 1. The SMILES string of the molecule is CC/C(I)=C\CCOC(C)=O. The summed E-state index contributed by atoms with van der Waals surface area (Å²) in [5.41, 5.74) is 0. The van der Waals surface area contributed by atoms with Gasteiger partial charge in [-0.2, -0.15) is 0 Å². The minimum absolute atomic E-state index is 0.204. The van der Waals surface area contributed by atoms with Crippen molar-refractivity contribution in [3.05, 3.63) is 9.66 Å². The van der Waals surface area contributed by atoms with Crippen LogP contribution in [-0.4, -0.2) is 12.6 Å². The zero-order valence-corrected chi connectivity index (χ0v) is 9.05. The summed E-state index contributed by atoms with van der Waals surface area (Å²) in [4.78, 5) is 10.3. The first-order chi connectivity index (χ1) is 5.16. The fourth-order valence-electron chi connectivity index (χ4n) is 0.563. The van der Waals surface area contributed by atoms with Gasteiger partial charge in [0.2, 0.25) is 0 Å². The monoisotopic (exact) mass is 268 g/mol. The number of hydrogen-bond acceptors (Lipinski definition) is 2. The number of ether oxygens (including phenoxy) is 1. The molecule has 0 saturated heterocycles. The van der Waals surface area contributed by atoms with E-state index in [4.69, 9.17) is 4.74 Å². The van der Waals surface area contributed by atoms with Crippen molar-refractivity contribution in [1.82, 2.24) is 0 Å². The lowest BCUT2D eigenvalue weighted by atomic mass is 10.3. The lowest BCUT2D eigenvalue weighted by molar-refractivity contribution is -0.140. The van der Waals surface area contributed by atoms with Crippen LogP contribution in [-0.2, 0) is 9.53 Å². The van der Waals surface area contributed by atoms with E-state index in [1.165, 1.54) is 10.5 Å². The number of carbonyl (C=O) groups is 1.